The number of halogens is 1. The first-order valence-corrected chi connectivity index (χ1v) is 7.91. The molecule has 1 amide bonds. The maximum atomic E-state index is 11.7. The van der Waals surface area contributed by atoms with Crippen LogP contribution in [-0.4, -0.2) is 36.8 Å². The van der Waals surface area contributed by atoms with E-state index in [2.05, 4.69) is 10.6 Å². The maximum absolute atomic E-state index is 11.7. The topological polar surface area (TPSA) is 61.4 Å². The van der Waals surface area contributed by atoms with Crippen molar-refractivity contribution in [1.82, 2.24) is 10.6 Å². The number of nitrogens with one attached hydrogen (secondary N) is 2. The molecule has 118 valence electrons. The van der Waals surface area contributed by atoms with Crippen molar-refractivity contribution in [2.45, 2.75) is 57.5 Å². The Kier molecular flexibility index (Phi) is 8.50. The van der Waals surface area contributed by atoms with Crippen LogP contribution in [0.2, 0.25) is 0 Å². The molecule has 0 aromatic heterocycles. The zero-order valence-electron chi connectivity index (χ0n) is 12.3. The molecule has 5 heteroatoms. The van der Waals surface area contributed by atoms with Crippen LogP contribution in [0.4, 0.5) is 0 Å². The summed E-state index contributed by atoms with van der Waals surface area (Å²) in [6.07, 6.45) is 8.40. The Bertz CT molecular complexity index is 277. The normalized spacial score (nSPS) is 24.9. The van der Waals surface area contributed by atoms with Gasteiger partial charge in [0.15, 0.2) is 0 Å². The van der Waals surface area contributed by atoms with Crippen molar-refractivity contribution in [2.24, 2.45) is 11.8 Å². The summed E-state index contributed by atoms with van der Waals surface area (Å²) < 4.78 is 0. The fourth-order valence-corrected chi connectivity index (χ4v) is 3.29. The molecule has 0 bridgehead atoms. The van der Waals surface area contributed by atoms with E-state index in [0.29, 0.717) is 24.8 Å². The Balaban J connectivity index is 0.00000200. The van der Waals surface area contributed by atoms with E-state index in [1.165, 1.54) is 25.7 Å². The third kappa shape index (κ3) is 5.98. The Hall–Kier alpha value is -0.320. The molecule has 2 atom stereocenters. The zero-order valence-corrected chi connectivity index (χ0v) is 13.1. The van der Waals surface area contributed by atoms with Gasteiger partial charge in [-0.15, -0.1) is 12.4 Å². The van der Waals surface area contributed by atoms with Gasteiger partial charge in [0.2, 0.25) is 5.91 Å². The molecule has 2 rings (SSSR count). The van der Waals surface area contributed by atoms with Crippen LogP contribution in [0, 0.1) is 11.8 Å². The van der Waals surface area contributed by atoms with E-state index in [9.17, 15) is 9.90 Å². The van der Waals surface area contributed by atoms with E-state index in [0.717, 1.165) is 32.4 Å². The number of carbonyl (C=O) groups is 1. The van der Waals surface area contributed by atoms with E-state index >= 15 is 0 Å². The van der Waals surface area contributed by atoms with Crippen LogP contribution < -0.4 is 10.6 Å². The molecule has 2 unspecified atom stereocenters. The van der Waals surface area contributed by atoms with Crippen LogP contribution in [0.25, 0.3) is 0 Å². The van der Waals surface area contributed by atoms with Gasteiger partial charge in [-0.25, -0.2) is 0 Å². The second kappa shape index (κ2) is 9.59. The highest BCUT2D eigenvalue weighted by Gasteiger charge is 2.22. The molecule has 0 radical (unpaired) electrons. The Morgan fingerprint density at radius 1 is 1.25 bits per heavy atom. The standard InChI is InChI=1S/C15H28N2O2.ClH/c18-14(13-4-2-1-3-5-13)11-17-15(19)7-6-12-8-9-16-10-12;/h12-14,16,18H,1-11H2,(H,17,19);1H. The number of carbonyl (C=O) groups excluding carboxylic acids is 1. The molecule has 2 fully saturated rings. The van der Waals surface area contributed by atoms with Gasteiger partial charge in [0.1, 0.15) is 0 Å². The summed E-state index contributed by atoms with van der Waals surface area (Å²) in [5, 5.41) is 16.3. The van der Waals surface area contributed by atoms with Crippen LogP contribution in [0.15, 0.2) is 0 Å². The van der Waals surface area contributed by atoms with Gasteiger partial charge in [-0.2, -0.15) is 0 Å². The molecule has 20 heavy (non-hydrogen) atoms. The van der Waals surface area contributed by atoms with E-state index in [1.54, 1.807) is 0 Å². The highest BCUT2D eigenvalue weighted by atomic mass is 35.5. The van der Waals surface area contributed by atoms with Crippen LogP contribution >= 0.6 is 12.4 Å². The summed E-state index contributed by atoms with van der Waals surface area (Å²) in [7, 11) is 0. The second-order valence-electron chi connectivity index (χ2n) is 6.17. The van der Waals surface area contributed by atoms with Crippen molar-refractivity contribution in [3.63, 3.8) is 0 Å². The molecule has 1 heterocycles. The van der Waals surface area contributed by atoms with Crippen LogP contribution in [-0.2, 0) is 4.79 Å². The molecule has 1 aliphatic carbocycles. The smallest absolute Gasteiger partial charge is 0.220 e. The van der Waals surface area contributed by atoms with E-state index in [-0.39, 0.29) is 24.4 Å². The average Bonchev–Trinajstić information content (AvgIpc) is 2.96. The average molecular weight is 305 g/mol. The van der Waals surface area contributed by atoms with Gasteiger partial charge in [0, 0.05) is 13.0 Å². The molecule has 4 nitrogen and oxygen atoms in total. The quantitative estimate of drug-likeness (QED) is 0.702. The van der Waals surface area contributed by atoms with Gasteiger partial charge < -0.3 is 15.7 Å². The summed E-state index contributed by atoms with van der Waals surface area (Å²) in [6, 6.07) is 0. The largest absolute Gasteiger partial charge is 0.391 e. The van der Waals surface area contributed by atoms with Crippen molar-refractivity contribution in [2.75, 3.05) is 19.6 Å². The van der Waals surface area contributed by atoms with Crippen LogP contribution in [0.5, 0.6) is 0 Å². The third-order valence-corrected chi connectivity index (χ3v) is 4.64. The molecule has 0 spiro atoms. The van der Waals surface area contributed by atoms with Crippen molar-refractivity contribution in [3.8, 4) is 0 Å². The number of aliphatic hydroxyl groups is 1. The Labute approximate surface area is 128 Å². The van der Waals surface area contributed by atoms with Crippen LogP contribution in [0.3, 0.4) is 0 Å². The van der Waals surface area contributed by atoms with Crippen LogP contribution in [0.1, 0.15) is 51.4 Å². The second-order valence-corrected chi connectivity index (χ2v) is 6.17. The molecule has 0 aromatic carbocycles. The lowest BCUT2D eigenvalue weighted by Gasteiger charge is -2.26. The summed E-state index contributed by atoms with van der Waals surface area (Å²) in [5.74, 6) is 1.16. The summed E-state index contributed by atoms with van der Waals surface area (Å²) in [6.45, 7) is 2.58. The Morgan fingerprint density at radius 2 is 2.00 bits per heavy atom. The molecule has 2 aliphatic rings. The summed E-state index contributed by atoms with van der Waals surface area (Å²) in [5.41, 5.74) is 0. The summed E-state index contributed by atoms with van der Waals surface area (Å²) in [4.78, 5) is 11.7. The maximum Gasteiger partial charge on any atom is 0.220 e. The predicted molar refractivity (Wildman–Crippen MR) is 83.1 cm³/mol. The number of rotatable bonds is 6. The summed E-state index contributed by atoms with van der Waals surface area (Å²) >= 11 is 0. The van der Waals surface area contributed by atoms with E-state index in [1.807, 2.05) is 0 Å². The molecule has 1 saturated carbocycles. The minimum atomic E-state index is -0.350. The van der Waals surface area contributed by atoms with Crippen molar-refractivity contribution < 1.29 is 9.90 Å². The first-order chi connectivity index (χ1) is 9.25. The predicted octanol–water partition coefficient (Wildman–Crippen LogP) is 1.86. The van der Waals surface area contributed by atoms with Gasteiger partial charge in [-0.1, -0.05) is 19.3 Å². The van der Waals surface area contributed by atoms with Crippen molar-refractivity contribution in [3.05, 3.63) is 0 Å². The van der Waals surface area contributed by atoms with Gasteiger partial charge in [0.05, 0.1) is 6.10 Å². The SMILES string of the molecule is Cl.O=C(CCC1CCNC1)NCC(O)C1CCCCC1. The highest BCUT2D eigenvalue weighted by Crippen LogP contribution is 2.26. The molecule has 0 aromatic rings. The van der Waals surface area contributed by atoms with Gasteiger partial charge in [-0.05, 0) is 50.6 Å². The fraction of sp³-hybridized carbons (Fsp3) is 0.933. The van der Waals surface area contributed by atoms with Gasteiger partial charge >= 0.3 is 0 Å². The van der Waals surface area contributed by atoms with Gasteiger partial charge in [-0.3, -0.25) is 4.79 Å². The van der Waals surface area contributed by atoms with Crippen molar-refractivity contribution in [1.29, 1.82) is 0 Å². The van der Waals surface area contributed by atoms with Crippen molar-refractivity contribution >= 4 is 18.3 Å². The first-order valence-electron chi connectivity index (χ1n) is 7.91. The lowest BCUT2D eigenvalue weighted by molar-refractivity contribution is -0.122. The monoisotopic (exact) mass is 304 g/mol. The molecular weight excluding hydrogens is 276 g/mol. The molecule has 1 saturated heterocycles. The van der Waals surface area contributed by atoms with E-state index in [4.69, 9.17) is 0 Å². The first kappa shape index (κ1) is 17.7. The minimum Gasteiger partial charge on any atom is -0.391 e. The zero-order chi connectivity index (χ0) is 13.5. The molecule has 1 aliphatic heterocycles. The highest BCUT2D eigenvalue weighted by molar-refractivity contribution is 5.85. The number of hydrogen-bond acceptors (Lipinski definition) is 3. The number of aliphatic hydroxyl groups excluding tert-OH is 1. The minimum absolute atomic E-state index is 0. The van der Waals surface area contributed by atoms with E-state index < -0.39 is 0 Å². The lowest BCUT2D eigenvalue weighted by atomic mass is 9.85. The van der Waals surface area contributed by atoms with Gasteiger partial charge in [0.25, 0.3) is 0 Å². The molecule has 3 N–H and O–H groups in total. The lowest BCUT2D eigenvalue weighted by Crippen LogP contribution is -2.37. The number of amides is 1. The molecular formula is C15H29ClN2O2. The third-order valence-electron chi connectivity index (χ3n) is 4.64. The Morgan fingerprint density at radius 3 is 2.65 bits per heavy atom. The fourth-order valence-electron chi connectivity index (χ4n) is 3.29. The number of hydrogen-bond donors (Lipinski definition) is 3.